The van der Waals surface area contributed by atoms with Crippen LogP contribution in [-0.2, 0) is 0 Å². The second kappa shape index (κ2) is 3.16. The summed E-state index contributed by atoms with van der Waals surface area (Å²) in [4.78, 5) is 0. The highest BCUT2D eigenvalue weighted by Gasteiger charge is 2.07. The van der Waals surface area contributed by atoms with Crippen LogP contribution in [0, 0.1) is 6.92 Å². The second-order valence-electron chi connectivity index (χ2n) is 3.65. The number of aromatic nitrogens is 4. The van der Waals surface area contributed by atoms with Crippen molar-refractivity contribution in [2.45, 2.75) is 6.92 Å². The fraction of sp³-hybridized carbons (Fsp3) is 0.182. The minimum Gasteiger partial charge on any atom is -0.497 e. The molecule has 80 valence electrons. The molecule has 0 saturated heterocycles. The third-order valence-corrected chi connectivity index (χ3v) is 2.67. The van der Waals surface area contributed by atoms with E-state index in [1.165, 1.54) is 0 Å². The number of tetrazole rings is 1. The quantitative estimate of drug-likeness (QED) is 0.617. The summed E-state index contributed by atoms with van der Waals surface area (Å²) < 4.78 is 6.92. The number of benzene rings is 1. The van der Waals surface area contributed by atoms with Gasteiger partial charge in [-0.25, -0.2) is 0 Å². The van der Waals surface area contributed by atoms with Gasteiger partial charge < -0.3 is 4.74 Å². The van der Waals surface area contributed by atoms with Gasteiger partial charge >= 0.3 is 0 Å². The molecule has 5 nitrogen and oxygen atoms in total. The first-order valence-corrected chi connectivity index (χ1v) is 4.95. The highest BCUT2D eigenvalue weighted by Crippen LogP contribution is 2.24. The minimum absolute atomic E-state index is 0.758. The Hall–Kier alpha value is -2.17. The van der Waals surface area contributed by atoms with E-state index in [9.17, 15) is 0 Å². The van der Waals surface area contributed by atoms with Crippen molar-refractivity contribution in [2.24, 2.45) is 0 Å². The summed E-state index contributed by atoms with van der Waals surface area (Å²) in [7, 11) is 1.65. The Morgan fingerprint density at radius 1 is 1.25 bits per heavy atom. The number of ether oxygens (including phenoxy) is 1. The summed E-state index contributed by atoms with van der Waals surface area (Å²) in [5.74, 6) is 0.807. The summed E-state index contributed by atoms with van der Waals surface area (Å²) in [6, 6.07) is 7.94. The van der Waals surface area contributed by atoms with Gasteiger partial charge in [-0.2, -0.15) is 4.52 Å². The van der Waals surface area contributed by atoms with Crippen molar-refractivity contribution in [1.29, 1.82) is 0 Å². The molecule has 0 amide bonds. The average Bonchev–Trinajstić information content (AvgIpc) is 2.78. The number of methoxy groups -OCH3 is 1. The van der Waals surface area contributed by atoms with Gasteiger partial charge in [0.25, 0.3) is 0 Å². The molecule has 0 atom stereocenters. The lowest BCUT2D eigenvalue weighted by Crippen LogP contribution is -1.94. The Balaban J connectivity index is 2.50. The van der Waals surface area contributed by atoms with Gasteiger partial charge in [-0.05, 0) is 40.9 Å². The molecule has 0 aliphatic rings. The molecular formula is C11H10N4O. The lowest BCUT2D eigenvalue weighted by molar-refractivity contribution is 0.415. The molecule has 0 unspecified atom stereocenters. The van der Waals surface area contributed by atoms with E-state index >= 15 is 0 Å². The van der Waals surface area contributed by atoms with Crippen LogP contribution in [0.3, 0.4) is 0 Å². The smallest absolute Gasteiger partial charge is 0.187 e. The molecule has 5 heteroatoms. The average molecular weight is 214 g/mol. The molecule has 0 fully saturated rings. The number of fused-ring (bicyclic) bond motifs is 3. The van der Waals surface area contributed by atoms with Crippen molar-refractivity contribution >= 4 is 16.4 Å². The third-order valence-electron chi connectivity index (χ3n) is 2.67. The zero-order valence-corrected chi connectivity index (χ0v) is 9.01. The Morgan fingerprint density at radius 3 is 2.94 bits per heavy atom. The molecule has 0 aliphatic carbocycles. The van der Waals surface area contributed by atoms with Crippen LogP contribution in [0.2, 0.25) is 0 Å². The van der Waals surface area contributed by atoms with Crippen LogP contribution in [0.25, 0.3) is 16.4 Å². The molecule has 0 N–H and O–H groups in total. The van der Waals surface area contributed by atoms with Crippen molar-refractivity contribution in [3.63, 3.8) is 0 Å². The molecule has 3 aromatic rings. The van der Waals surface area contributed by atoms with Gasteiger partial charge in [-0.1, -0.05) is 6.07 Å². The third kappa shape index (κ3) is 1.14. The Kier molecular flexibility index (Phi) is 1.80. The first-order chi connectivity index (χ1) is 7.79. The number of hydrogen-bond acceptors (Lipinski definition) is 4. The molecule has 1 aromatic carbocycles. The summed E-state index contributed by atoms with van der Waals surface area (Å²) in [6.07, 6.45) is 0. The molecule has 16 heavy (non-hydrogen) atoms. The maximum absolute atomic E-state index is 5.20. The summed E-state index contributed by atoms with van der Waals surface area (Å²) >= 11 is 0. The van der Waals surface area contributed by atoms with Crippen molar-refractivity contribution in [3.8, 4) is 5.75 Å². The van der Waals surface area contributed by atoms with Crippen LogP contribution in [0.1, 0.15) is 5.69 Å². The highest BCUT2D eigenvalue weighted by molar-refractivity contribution is 5.94. The Labute approximate surface area is 91.6 Å². The molecule has 2 heterocycles. The van der Waals surface area contributed by atoms with Crippen LogP contribution < -0.4 is 4.74 Å². The largest absolute Gasteiger partial charge is 0.497 e. The van der Waals surface area contributed by atoms with Crippen molar-refractivity contribution in [1.82, 2.24) is 20.0 Å². The first-order valence-electron chi connectivity index (χ1n) is 4.95. The van der Waals surface area contributed by atoms with E-state index in [-0.39, 0.29) is 0 Å². The van der Waals surface area contributed by atoms with Crippen LogP contribution in [0.4, 0.5) is 0 Å². The van der Waals surface area contributed by atoms with Crippen molar-refractivity contribution < 1.29 is 4.74 Å². The lowest BCUT2D eigenvalue weighted by Gasteiger charge is -2.04. The maximum Gasteiger partial charge on any atom is 0.187 e. The lowest BCUT2D eigenvalue weighted by atomic mass is 10.1. The minimum atomic E-state index is 0.758. The molecular weight excluding hydrogens is 204 g/mol. The Bertz CT molecular complexity index is 674. The monoisotopic (exact) mass is 214 g/mol. The molecule has 3 rings (SSSR count). The number of nitrogens with zero attached hydrogens (tertiary/aromatic N) is 4. The van der Waals surface area contributed by atoms with E-state index in [2.05, 4.69) is 21.6 Å². The highest BCUT2D eigenvalue weighted by atomic mass is 16.5. The van der Waals surface area contributed by atoms with Gasteiger partial charge in [0, 0.05) is 11.1 Å². The summed E-state index contributed by atoms with van der Waals surface area (Å²) in [5, 5.41) is 13.8. The van der Waals surface area contributed by atoms with Gasteiger partial charge in [0.2, 0.25) is 0 Å². The van der Waals surface area contributed by atoms with Gasteiger partial charge in [0.1, 0.15) is 5.75 Å². The van der Waals surface area contributed by atoms with Crippen molar-refractivity contribution in [3.05, 3.63) is 30.0 Å². The van der Waals surface area contributed by atoms with Crippen LogP contribution in [0.15, 0.2) is 24.3 Å². The molecule has 0 aliphatic heterocycles. The number of hydrogen-bond donors (Lipinski definition) is 0. The maximum atomic E-state index is 5.20. The van der Waals surface area contributed by atoms with Gasteiger partial charge in [-0.3, -0.25) is 0 Å². The molecule has 0 radical (unpaired) electrons. The predicted octanol–water partition coefficient (Wildman–Crippen LogP) is 1.59. The number of pyridine rings is 1. The zero-order chi connectivity index (χ0) is 11.1. The molecule has 0 bridgehead atoms. The fourth-order valence-corrected chi connectivity index (χ4v) is 1.86. The van der Waals surface area contributed by atoms with E-state index in [0.29, 0.717) is 0 Å². The number of rotatable bonds is 1. The fourth-order valence-electron chi connectivity index (χ4n) is 1.86. The molecule has 0 saturated carbocycles. The summed E-state index contributed by atoms with van der Waals surface area (Å²) in [5.41, 5.74) is 1.77. The van der Waals surface area contributed by atoms with E-state index in [1.54, 1.807) is 11.6 Å². The zero-order valence-electron chi connectivity index (χ0n) is 9.01. The van der Waals surface area contributed by atoms with Gasteiger partial charge in [0.05, 0.1) is 7.11 Å². The predicted molar refractivity (Wildman–Crippen MR) is 59.6 cm³/mol. The topological polar surface area (TPSA) is 52.3 Å². The number of aryl methyl sites for hydroxylation is 1. The van der Waals surface area contributed by atoms with Crippen LogP contribution >= 0.6 is 0 Å². The van der Waals surface area contributed by atoms with Crippen molar-refractivity contribution in [2.75, 3.05) is 7.11 Å². The SMILES string of the molecule is COc1ccc2cc(C)n3nnnc3c2c1. The molecule has 2 aromatic heterocycles. The van der Waals surface area contributed by atoms with Crippen LogP contribution in [-0.4, -0.2) is 27.2 Å². The second-order valence-corrected chi connectivity index (χ2v) is 3.65. The van der Waals surface area contributed by atoms with E-state index < -0.39 is 0 Å². The normalized spacial score (nSPS) is 11.1. The van der Waals surface area contributed by atoms with Gasteiger partial charge in [-0.15, -0.1) is 5.10 Å². The first kappa shape index (κ1) is 9.08. The molecule has 0 spiro atoms. The van der Waals surface area contributed by atoms with E-state index in [4.69, 9.17) is 4.74 Å². The summed E-state index contributed by atoms with van der Waals surface area (Å²) in [6.45, 7) is 1.98. The Morgan fingerprint density at radius 2 is 2.12 bits per heavy atom. The standard InChI is InChI=1S/C11H10N4O/c1-7-5-8-3-4-9(16-2)6-10(8)11-12-13-14-15(7)11/h3-6H,1-2H3. The van der Waals surface area contributed by atoms with E-state index in [1.807, 2.05) is 25.1 Å². The van der Waals surface area contributed by atoms with Gasteiger partial charge in [0.15, 0.2) is 5.65 Å². The van der Waals surface area contributed by atoms with E-state index in [0.717, 1.165) is 27.9 Å². The van der Waals surface area contributed by atoms with Crippen LogP contribution in [0.5, 0.6) is 5.75 Å².